The predicted molar refractivity (Wildman–Crippen MR) is 71.5 cm³/mol. The van der Waals surface area contributed by atoms with Crippen LogP contribution >= 0.6 is 0 Å². The summed E-state index contributed by atoms with van der Waals surface area (Å²) in [5.74, 6) is -0.362. The molecule has 0 aliphatic carbocycles. The van der Waals surface area contributed by atoms with Crippen LogP contribution in [-0.4, -0.2) is 24.0 Å². The maximum atomic E-state index is 11.2. The molecular formula is C15H12O5. The van der Waals surface area contributed by atoms with Crippen LogP contribution in [0.3, 0.4) is 0 Å². The van der Waals surface area contributed by atoms with E-state index in [1.807, 2.05) is 6.07 Å². The molecule has 0 saturated heterocycles. The molecule has 0 heterocycles. The van der Waals surface area contributed by atoms with Crippen LogP contribution in [0, 0.1) is 0 Å². The Hall–Kier alpha value is -2.82. The normalized spacial score (nSPS) is 9.80. The second-order valence-corrected chi connectivity index (χ2v) is 3.83. The molecule has 0 fully saturated rings. The fourth-order valence-corrected chi connectivity index (χ4v) is 1.63. The van der Waals surface area contributed by atoms with Crippen LogP contribution in [0.4, 0.5) is 0 Å². The first kappa shape index (κ1) is 13.6. The number of carbonyl (C=O) groups excluding carboxylic acids is 1. The SMILES string of the molecule is O=CCOc1cccc(C(=O)O)c1Oc1ccccc1. The Labute approximate surface area is 115 Å². The Morgan fingerprint density at radius 1 is 1.10 bits per heavy atom. The van der Waals surface area contributed by atoms with Gasteiger partial charge in [-0.15, -0.1) is 0 Å². The second-order valence-electron chi connectivity index (χ2n) is 3.83. The van der Waals surface area contributed by atoms with Crippen molar-refractivity contribution < 1.29 is 24.2 Å². The lowest BCUT2D eigenvalue weighted by atomic mass is 10.2. The summed E-state index contributed by atoms with van der Waals surface area (Å²) in [6, 6.07) is 13.2. The molecule has 2 rings (SSSR count). The fourth-order valence-electron chi connectivity index (χ4n) is 1.63. The van der Waals surface area contributed by atoms with E-state index in [9.17, 15) is 14.7 Å². The monoisotopic (exact) mass is 272 g/mol. The van der Waals surface area contributed by atoms with Gasteiger partial charge in [0.05, 0.1) is 0 Å². The average molecular weight is 272 g/mol. The van der Waals surface area contributed by atoms with E-state index in [4.69, 9.17) is 9.47 Å². The van der Waals surface area contributed by atoms with Gasteiger partial charge in [-0.25, -0.2) is 4.79 Å². The number of benzene rings is 2. The van der Waals surface area contributed by atoms with Crippen molar-refractivity contribution in [1.82, 2.24) is 0 Å². The number of hydrogen-bond donors (Lipinski definition) is 1. The fraction of sp³-hybridized carbons (Fsp3) is 0.0667. The molecule has 5 nitrogen and oxygen atoms in total. The van der Waals surface area contributed by atoms with Gasteiger partial charge >= 0.3 is 5.97 Å². The average Bonchev–Trinajstić information content (AvgIpc) is 2.47. The number of carboxylic acids is 1. The summed E-state index contributed by atoms with van der Waals surface area (Å²) in [4.78, 5) is 21.6. The van der Waals surface area contributed by atoms with Crippen molar-refractivity contribution in [1.29, 1.82) is 0 Å². The minimum Gasteiger partial charge on any atom is -0.482 e. The molecule has 0 unspecified atom stereocenters. The number of rotatable bonds is 6. The van der Waals surface area contributed by atoms with E-state index in [-0.39, 0.29) is 23.7 Å². The van der Waals surface area contributed by atoms with Crippen LogP contribution in [-0.2, 0) is 4.79 Å². The van der Waals surface area contributed by atoms with Crippen molar-refractivity contribution in [3.8, 4) is 17.2 Å². The van der Waals surface area contributed by atoms with E-state index >= 15 is 0 Å². The van der Waals surface area contributed by atoms with Gasteiger partial charge in [-0.1, -0.05) is 24.3 Å². The standard InChI is InChI=1S/C15H12O5/c16-9-10-19-13-8-4-7-12(15(17)18)14(13)20-11-5-2-1-3-6-11/h1-9H,10H2,(H,17,18). The number of carboxylic acid groups (broad SMARTS) is 1. The van der Waals surface area contributed by atoms with Crippen LogP contribution in [0.1, 0.15) is 10.4 Å². The van der Waals surface area contributed by atoms with Gasteiger partial charge in [0.15, 0.2) is 17.8 Å². The van der Waals surface area contributed by atoms with Crippen molar-refractivity contribution in [2.24, 2.45) is 0 Å². The molecule has 0 spiro atoms. The van der Waals surface area contributed by atoms with Crippen LogP contribution in [0.5, 0.6) is 17.2 Å². The predicted octanol–water partition coefficient (Wildman–Crippen LogP) is 2.75. The van der Waals surface area contributed by atoms with Gasteiger partial charge in [-0.05, 0) is 24.3 Å². The Bertz CT molecular complexity index is 607. The summed E-state index contributed by atoms with van der Waals surface area (Å²) in [7, 11) is 0. The first-order chi connectivity index (χ1) is 9.72. The van der Waals surface area contributed by atoms with Gasteiger partial charge in [-0.2, -0.15) is 0 Å². The number of aldehydes is 1. The van der Waals surface area contributed by atoms with E-state index in [0.29, 0.717) is 12.0 Å². The van der Waals surface area contributed by atoms with Gasteiger partial charge in [0.2, 0.25) is 0 Å². The molecule has 2 aromatic rings. The minimum absolute atomic E-state index is 0.0303. The van der Waals surface area contributed by atoms with Gasteiger partial charge in [0.1, 0.15) is 17.9 Å². The van der Waals surface area contributed by atoms with Gasteiger partial charge < -0.3 is 14.6 Å². The zero-order chi connectivity index (χ0) is 14.4. The molecule has 0 aliphatic heterocycles. The molecule has 0 amide bonds. The minimum atomic E-state index is -1.13. The van der Waals surface area contributed by atoms with E-state index in [0.717, 1.165) is 0 Å². The van der Waals surface area contributed by atoms with Crippen LogP contribution in [0.25, 0.3) is 0 Å². The Balaban J connectivity index is 2.40. The van der Waals surface area contributed by atoms with E-state index in [1.165, 1.54) is 12.1 Å². The highest BCUT2D eigenvalue weighted by Gasteiger charge is 2.17. The van der Waals surface area contributed by atoms with Gasteiger partial charge in [0, 0.05) is 0 Å². The maximum Gasteiger partial charge on any atom is 0.339 e. The summed E-state index contributed by atoms with van der Waals surface area (Å²) >= 11 is 0. The van der Waals surface area contributed by atoms with Crippen molar-refractivity contribution in [2.75, 3.05) is 6.61 Å². The molecular weight excluding hydrogens is 260 g/mol. The van der Waals surface area contributed by atoms with Crippen molar-refractivity contribution in [2.45, 2.75) is 0 Å². The van der Waals surface area contributed by atoms with Crippen molar-refractivity contribution in [3.63, 3.8) is 0 Å². The summed E-state index contributed by atoms with van der Waals surface area (Å²) in [6.07, 6.45) is 0.583. The van der Waals surface area contributed by atoms with E-state index < -0.39 is 5.97 Å². The van der Waals surface area contributed by atoms with Crippen molar-refractivity contribution in [3.05, 3.63) is 54.1 Å². The molecule has 0 atom stereocenters. The molecule has 0 saturated carbocycles. The largest absolute Gasteiger partial charge is 0.482 e. The summed E-state index contributed by atoms with van der Waals surface area (Å²) in [6.45, 7) is -0.172. The summed E-state index contributed by atoms with van der Waals surface area (Å²) in [5, 5.41) is 9.19. The molecule has 0 radical (unpaired) electrons. The maximum absolute atomic E-state index is 11.2. The highest BCUT2D eigenvalue weighted by atomic mass is 16.5. The number of carbonyl (C=O) groups is 2. The molecule has 2 aromatic carbocycles. The first-order valence-corrected chi connectivity index (χ1v) is 5.88. The Morgan fingerprint density at radius 3 is 2.50 bits per heavy atom. The lowest BCUT2D eigenvalue weighted by Crippen LogP contribution is -2.04. The third-order valence-corrected chi connectivity index (χ3v) is 2.48. The molecule has 102 valence electrons. The summed E-state index contributed by atoms with van der Waals surface area (Å²) < 4.78 is 10.8. The molecule has 5 heteroatoms. The topological polar surface area (TPSA) is 72.8 Å². The Morgan fingerprint density at radius 2 is 1.85 bits per heavy atom. The zero-order valence-electron chi connectivity index (χ0n) is 10.5. The molecule has 1 N–H and O–H groups in total. The van der Waals surface area contributed by atoms with Crippen LogP contribution in [0.2, 0.25) is 0 Å². The highest BCUT2D eigenvalue weighted by molar-refractivity contribution is 5.92. The third-order valence-electron chi connectivity index (χ3n) is 2.48. The second kappa shape index (κ2) is 6.38. The van der Waals surface area contributed by atoms with Crippen molar-refractivity contribution >= 4 is 12.3 Å². The van der Waals surface area contributed by atoms with E-state index in [2.05, 4.69) is 0 Å². The lowest BCUT2D eigenvalue weighted by Gasteiger charge is -2.13. The lowest BCUT2D eigenvalue weighted by molar-refractivity contribution is -0.109. The molecule has 0 aromatic heterocycles. The number of aromatic carboxylic acids is 1. The zero-order valence-corrected chi connectivity index (χ0v) is 10.5. The van der Waals surface area contributed by atoms with Crippen LogP contribution < -0.4 is 9.47 Å². The number of hydrogen-bond acceptors (Lipinski definition) is 4. The van der Waals surface area contributed by atoms with Gasteiger partial charge in [-0.3, -0.25) is 4.79 Å². The third kappa shape index (κ3) is 3.14. The first-order valence-electron chi connectivity index (χ1n) is 5.88. The molecule has 20 heavy (non-hydrogen) atoms. The van der Waals surface area contributed by atoms with Crippen LogP contribution in [0.15, 0.2) is 48.5 Å². The number of para-hydroxylation sites is 2. The molecule has 0 bridgehead atoms. The number of ether oxygens (including phenoxy) is 2. The highest BCUT2D eigenvalue weighted by Crippen LogP contribution is 2.35. The smallest absolute Gasteiger partial charge is 0.339 e. The quantitative estimate of drug-likeness (QED) is 0.818. The summed E-state index contributed by atoms with van der Waals surface area (Å²) in [5.41, 5.74) is -0.0303. The van der Waals surface area contributed by atoms with Gasteiger partial charge in [0.25, 0.3) is 0 Å². The van der Waals surface area contributed by atoms with E-state index in [1.54, 1.807) is 30.3 Å². The Kier molecular flexibility index (Phi) is 4.34. The molecule has 0 aliphatic rings.